The van der Waals surface area contributed by atoms with Gasteiger partial charge in [-0.1, -0.05) is 47.7 Å². The number of nitrogens with zero attached hydrogens (tertiary/aromatic N) is 3. The molecule has 1 aromatic heterocycles. The molecule has 0 spiro atoms. The molecule has 0 aliphatic carbocycles. The lowest BCUT2D eigenvalue weighted by molar-refractivity contribution is -0.118. The van der Waals surface area contributed by atoms with Crippen LogP contribution in [0.2, 0.25) is 0 Å². The van der Waals surface area contributed by atoms with Crippen molar-refractivity contribution in [1.29, 1.82) is 0 Å². The van der Waals surface area contributed by atoms with E-state index in [0.717, 1.165) is 27.5 Å². The summed E-state index contributed by atoms with van der Waals surface area (Å²) in [6, 6.07) is 14.2. The average molecular weight is 368 g/mol. The van der Waals surface area contributed by atoms with Gasteiger partial charge in [-0.3, -0.25) is 9.69 Å². The minimum absolute atomic E-state index is 0.0893. The van der Waals surface area contributed by atoms with Crippen LogP contribution in [0.25, 0.3) is 10.2 Å². The van der Waals surface area contributed by atoms with Gasteiger partial charge in [0.05, 0.1) is 16.6 Å². The van der Waals surface area contributed by atoms with Crippen molar-refractivity contribution in [2.75, 3.05) is 32.1 Å². The maximum atomic E-state index is 13.0. The van der Waals surface area contributed by atoms with Crippen LogP contribution in [-0.2, 0) is 11.2 Å². The average Bonchev–Trinajstić information content (AvgIpc) is 2.99. The van der Waals surface area contributed by atoms with E-state index in [1.807, 2.05) is 49.3 Å². The number of aryl methyl sites for hydroxylation is 2. The van der Waals surface area contributed by atoms with E-state index in [4.69, 9.17) is 4.98 Å². The first-order valence-electron chi connectivity index (χ1n) is 8.81. The zero-order valence-electron chi connectivity index (χ0n) is 15.8. The number of carbonyl (C=O) groups excluding carboxylic acids is 1. The third-order valence-electron chi connectivity index (χ3n) is 4.31. The standard InChI is InChI=1S/C21H25N3OS/c1-15-12-16(2)20-18(13-15)22-21(26-20)24(11-10-23(3)4)19(25)14-17-8-6-5-7-9-17/h5-9,12-13H,10-11,14H2,1-4H3. The fraction of sp³-hybridized carbons (Fsp3) is 0.333. The molecule has 5 heteroatoms. The van der Waals surface area contributed by atoms with Gasteiger partial charge in [0, 0.05) is 13.1 Å². The van der Waals surface area contributed by atoms with Crippen LogP contribution in [0.15, 0.2) is 42.5 Å². The molecule has 0 N–H and O–H groups in total. The lowest BCUT2D eigenvalue weighted by Crippen LogP contribution is -2.37. The lowest BCUT2D eigenvalue weighted by Gasteiger charge is -2.22. The van der Waals surface area contributed by atoms with E-state index in [0.29, 0.717) is 13.0 Å². The van der Waals surface area contributed by atoms with E-state index in [1.165, 1.54) is 11.1 Å². The molecular formula is C21H25N3OS. The molecule has 136 valence electrons. The molecule has 4 nitrogen and oxygen atoms in total. The summed E-state index contributed by atoms with van der Waals surface area (Å²) in [6.45, 7) is 5.62. The number of hydrogen-bond acceptors (Lipinski definition) is 4. The highest BCUT2D eigenvalue weighted by molar-refractivity contribution is 7.22. The fourth-order valence-corrected chi connectivity index (χ4v) is 4.03. The molecule has 0 radical (unpaired) electrons. The minimum Gasteiger partial charge on any atom is -0.308 e. The molecule has 0 saturated heterocycles. The summed E-state index contributed by atoms with van der Waals surface area (Å²) in [6.07, 6.45) is 0.391. The topological polar surface area (TPSA) is 36.4 Å². The third-order valence-corrected chi connectivity index (χ3v) is 5.54. The Morgan fingerprint density at radius 2 is 1.81 bits per heavy atom. The summed E-state index contributed by atoms with van der Waals surface area (Å²) in [5, 5.41) is 0.788. The number of fused-ring (bicyclic) bond motifs is 1. The van der Waals surface area contributed by atoms with Crippen molar-refractivity contribution in [3.63, 3.8) is 0 Å². The predicted molar refractivity (Wildman–Crippen MR) is 110 cm³/mol. The lowest BCUT2D eigenvalue weighted by atomic mass is 10.1. The van der Waals surface area contributed by atoms with Crippen LogP contribution in [0, 0.1) is 13.8 Å². The molecule has 0 aliphatic rings. The molecule has 26 heavy (non-hydrogen) atoms. The van der Waals surface area contributed by atoms with Gasteiger partial charge < -0.3 is 4.90 Å². The van der Waals surface area contributed by atoms with E-state index >= 15 is 0 Å². The van der Waals surface area contributed by atoms with Crippen LogP contribution in [0.1, 0.15) is 16.7 Å². The first-order valence-corrected chi connectivity index (χ1v) is 9.62. The quantitative estimate of drug-likeness (QED) is 0.659. The van der Waals surface area contributed by atoms with Crippen molar-refractivity contribution >= 4 is 32.6 Å². The van der Waals surface area contributed by atoms with Crippen LogP contribution >= 0.6 is 11.3 Å². The summed E-state index contributed by atoms with van der Waals surface area (Å²) in [5.74, 6) is 0.0893. The molecule has 0 saturated carbocycles. The van der Waals surface area contributed by atoms with Gasteiger partial charge in [-0.05, 0) is 50.7 Å². The minimum atomic E-state index is 0.0893. The number of aromatic nitrogens is 1. The van der Waals surface area contributed by atoms with Gasteiger partial charge in [0.25, 0.3) is 0 Å². The number of amides is 1. The molecule has 3 aromatic rings. The van der Waals surface area contributed by atoms with Crippen LogP contribution in [0.4, 0.5) is 5.13 Å². The molecule has 1 heterocycles. The third kappa shape index (κ3) is 4.29. The summed E-state index contributed by atoms with van der Waals surface area (Å²) in [5.41, 5.74) is 4.42. The van der Waals surface area contributed by atoms with E-state index in [-0.39, 0.29) is 5.91 Å². The van der Waals surface area contributed by atoms with Gasteiger partial charge in [-0.2, -0.15) is 0 Å². The molecule has 0 bridgehead atoms. The van der Waals surface area contributed by atoms with Gasteiger partial charge in [0.2, 0.25) is 5.91 Å². The maximum Gasteiger partial charge on any atom is 0.233 e. The molecule has 0 atom stereocenters. The van der Waals surface area contributed by atoms with Crippen molar-refractivity contribution < 1.29 is 4.79 Å². The molecule has 1 amide bonds. The Bertz CT molecular complexity index is 902. The zero-order chi connectivity index (χ0) is 18.7. The molecule has 0 unspecified atom stereocenters. The van der Waals surface area contributed by atoms with Crippen molar-refractivity contribution in [2.45, 2.75) is 20.3 Å². The van der Waals surface area contributed by atoms with Crippen LogP contribution < -0.4 is 4.90 Å². The highest BCUT2D eigenvalue weighted by Crippen LogP contribution is 2.32. The van der Waals surface area contributed by atoms with E-state index in [1.54, 1.807) is 11.3 Å². The zero-order valence-corrected chi connectivity index (χ0v) is 16.6. The summed E-state index contributed by atoms with van der Waals surface area (Å²) in [7, 11) is 4.04. The van der Waals surface area contributed by atoms with Gasteiger partial charge in [0.1, 0.15) is 0 Å². The second-order valence-electron chi connectivity index (χ2n) is 6.94. The van der Waals surface area contributed by atoms with Crippen molar-refractivity contribution in [3.8, 4) is 0 Å². The second-order valence-corrected chi connectivity index (χ2v) is 7.92. The Hall–Kier alpha value is -2.24. The Morgan fingerprint density at radius 1 is 1.08 bits per heavy atom. The van der Waals surface area contributed by atoms with Crippen LogP contribution in [-0.4, -0.2) is 43.0 Å². The number of thiazole rings is 1. The molecule has 0 aliphatic heterocycles. The monoisotopic (exact) mass is 367 g/mol. The van der Waals surface area contributed by atoms with Gasteiger partial charge in [-0.15, -0.1) is 0 Å². The smallest absolute Gasteiger partial charge is 0.233 e. The molecular weight excluding hydrogens is 342 g/mol. The van der Waals surface area contributed by atoms with Crippen LogP contribution in [0.3, 0.4) is 0 Å². The maximum absolute atomic E-state index is 13.0. The highest BCUT2D eigenvalue weighted by atomic mass is 32.1. The van der Waals surface area contributed by atoms with Gasteiger partial charge in [-0.25, -0.2) is 4.98 Å². The fourth-order valence-electron chi connectivity index (χ4n) is 2.97. The number of benzene rings is 2. The van der Waals surface area contributed by atoms with Crippen LogP contribution in [0.5, 0.6) is 0 Å². The Labute approximate surface area is 159 Å². The van der Waals surface area contributed by atoms with Gasteiger partial charge >= 0.3 is 0 Å². The first kappa shape index (κ1) is 18.5. The number of carbonyl (C=O) groups is 1. The molecule has 3 rings (SSSR count). The Morgan fingerprint density at radius 3 is 2.50 bits per heavy atom. The second kappa shape index (κ2) is 7.98. The predicted octanol–water partition coefficient (Wildman–Crippen LogP) is 4.05. The molecule has 0 fully saturated rings. The number of anilines is 1. The number of rotatable bonds is 6. The molecule has 2 aromatic carbocycles. The van der Waals surface area contributed by atoms with Crippen molar-refractivity contribution in [2.24, 2.45) is 0 Å². The Balaban J connectivity index is 1.92. The van der Waals surface area contributed by atoms with Crippen molar-refractivity contribution in [1.82, 2.24) is 9.88 Å². The van der Waals surface area contributed by atoms with Crippen molar-refractivity contribution in [3.05, 3.63) is 59.2 Å². The number of likely N-dealkylation sites (N-methyl/N-ethyl adjacent to an activating group) is 1. The highest BCUT2D eigenvalue weighted by Gasteiger charge is 2.20. The van der Waals surface area contributed by atoms with E-state index in [9.17, 15) is 4.79 Å². The Kier molecular flexibility index (Phi) is 5.69. The van der Waals surface area contributed by atoms with E-state index < -0.39 is 0 Å². The SMILES string of the molecule is Cc1cc(C)c2sc(N(CCN(C)C)C(=O)Cc3ccccc3)nc2c1. The normalized spacial score (nSPS) is 11.3. The first-order chi connectivity index (χ1) is 12.4. The summed E-state index contributed by atoms with van der Waals surface area (Å²) < 4.78 is 1.16. The largest absolute Gasteiger partial charge is 0.308 e. The summed E-state index contributed by atoms with van der Waals surface area (Å²) in [4.78, 5) is 21.7. The number of hydrogen-bond donors (Lipinski definition) is 0. The van der Waals surface area contributed by atoms with Gasteiger partial charge in [0.15, 0.2) is 5.13 Å². The van der Waals surface area contributed by atoms with E-state index in [2.05, 4.69) is 30.9 Å². The summed E-state index contributed by atoms with van der Waals surface area (Å²) >= 11 is 1.61.